The quantitative estimate of drug-likeness (QED) is 0.787. The van der Waals surface area contributed by atoms with Gasteiger partial charge in [0.1, 0.15) is 6.33 Å². The number of rotatable bonds is 5. The average Bonchev–Trinajstić information content (AvgIpc) is 3.18. The maximum atomic E-state index is 11.4. The van der Waals surface area contributed by atoms with Gasteiger partial charge in [-0.3, -0.25) is 4.90 Å². The summed E-state index contributed by atoms with van der Waals surface area (Å²) in [6.45, 7) is 1.70. The van der Waals surface area contributed by atoms with Crippen molar-refractivity contribution in [1.82, 2.24) is 19.7 Å². The van der Waals surface area contributed by atoms with E-state index in [9.17, 15) is 4.79 Å². The Kier molecular flexibility index (Phi) is 4.48. The molecule has 3 rings (SSSR count). The van der Waals surface area contributed by atoms with Gasteiger partial charge in [-0.1, -0.05) is 30.3 Å². The van der Waals surface area contributed by atoms with Crippen LogP contribution in [0.3, 0.4) is 0 Å². The minimum Gasteiger partial charge on any atom is -0.463 e. The molecule has 6 nitrogen and oxygen atoms in total. The first-order valence-electron chi connectivity index (χ1n) is 7.52. The smallest absolute Gasteiger partial charge is 0.377 e. The summed E-state index contributed by atoms with van der Waals surface area (Å²) in [5.41, 5.74) is 1.35. The molecule has 0 radical (unpaired) electrons. The lowest BCUT2D eigenvalue weighted by molar-refractivity contribution is 0.0585. The molecular weight excluding hydrogens is 280 g/mol. The van der Waals surface area contributed by atoms with Crippen LogP contribution in [0.2, 0.25) is 0 Å². The molecule has 1 aliphatic rings. The highest BCUT2D eigenvalue weighted by Crippen LogP contribution is 2.21. The molecule has 1 aromatic carbocycles. The van der Waals surface area contributed by atoms with Gasteiger partial charge in [0.15, 0.2) is 0 Å². The number of methoxy groups -OCH3 is 1. The van der Waals surface area contributed by atoms with E-state index >= 15 is 0 Å². The van der Waals surface area contributed by atoms with Crippen LogP contribution in [0.25, 0.3) is 0 Å². The fourth-order valence-electron chi connectivity index (χ4n) is 2.93. The number of ether oxygens (including phenoxy) is 1. The van der Waals surface area contributed by atoms with Crippen LogP contribution in [0.15, 0.2) is 36.7 Å². The summed E-state index contributed by atoms with van der Waals surface area (Å²) < 4.78 is 6.33. The predicted octanol–water partition coefficient (Wildman–Crippen LogP) is 1.73. The largest absolute Gasteiger partial charge is 0.463 e. The number of aromatic nitrogens is 3. The molecular formula is C16H20N4O2. The third-order valence-corrected chi connectivity index (χ3v) is 4.04. The van der Waals surface area contributed by atoms with Gasteiger partial charge in [-0.25, -0.2) is 14.5 Å². The van der Waals surface area contributed by atoms with Crippen molar-refractivity contribution in [1.29, 1.82) is 0 Å². The van der Waals surface area contributed by atoms with E-state index in [2.05, 4.69) is 44.0 Å². The summed E-state index contributed by atoms with van der Waals surface area (Å²) in [5, 5.41) is 4.18. The molecule has 0 aliphatic carbocycles. The monoisotopic (exact) mass is 300 g/mol. The van der Waals surface area contributed by atoms with Crippen molar-refractivity contribution in [3.05, 3.63) is 48.0 Å². The van der Waals surface area contributed by atoms with Crippen molar-refractivity contribution in [3.63, 3.8) is 0 Å². The van der Waals surface area contributed by atoms with Crippen molar-refractivity contribution >= 4 is 5.97 Å². The number of carbonyl (C=O) groups is 1. The topological polar surface area (TPSA) is 60.2 Å². The molecule has 2 aromatic rings. The van der Waals surface area contributed by atoms with E-state index in [-0.39, 0.29) is 5.82 Å². The van der Waals surface area contributed by atoms with Crippen molar-refractivity contribution in [2.24, 2.45) is 0 Å². The molecule has 6 heteroatoms. The minimum absolute atomic E-state index is 0.112. The maximum absolute atomic E-state index is 11.4. The van der Waals surface area contributed by atoms with Crippen LogP contribution >= 0.6 is 0 Å². The molecule has 0 N–H and O–H groups in total. The summed E-state index contributed by atoms with van der Waals surface area (Å²) in [5.74, 6) is -0.387. The van der Waals surface area contributed by atoms with E-state index in [1.807, 2.05) is 6.07 Å². The number of hydrogen-bond donors (Lipinski definition) is 0. The molecule has 0 saturated carbocycles. The third-order valence-electron chi connectivity index (χ3n) is 4.04. The second-order valence-electron chi connectivity index (χ2n) is 5.54. The lowest BCUT2D eigenvalue weighted by Crippen LogP contribution is -2.33. The summed E-state index contributed by atoms with van der Waals surface area (Å²) in [4.78, 5) is 17.8. The summed E-state index contributed by atoms with van der Waals surface area (Å²) >= 11 is 0. The standard InChI is InChI=1S/C16H20N4O2/c1-22-16(21)15-17-11-20(18-15)12-19-9-5-8-14(19)10-13-6-3-2-4-7-13/h2-4,6-7,11,14H,5,8-10,12H2,1H3/t14-/m1/s1. The molecule has 0 bridgehead atoms. The fraction of sp³-hybridized carbons (Fsp3) is 0.438. The first-order valence-corrected chi connectivity index (χ1v) is 7.52. The summed E-state index contributed by atoms with van der Waals surface area (Å²) in [7, 11) is 1.33. The van der Waals surface area contributed by atoms with Crippen LogP contribution in [0.4, 0.5) is 0 Å². The van der Waals surface area contributed by atoms with E-state index < -0.39 is 5.97 Å². The Morgan fingerprint density at radius 1 is 1.36 bits per heavy atom. The van der Waals surface area contributed by atoms with Crippen molar-refractivity contribution in [3.8, 4) is 0 Å². The first-order chi connectivity index (χ1) is 10.8. The van der Waals surface area contributed by atoms with Gasteiger partial charge >= 0.3 is 5.97 Å². The fourth-order valence-corrected chi connectivity index (χ4v) is 2.93. The van der Waals surface area contributed by atoms with Crippen LogP contribution in [0, 0.1) is 0 Å². The molecule has 116 valence electrons. The summed E-state index contributed by atoms with van der Waals surface area (Å²) in [6.07, 6.45) is 5.01. The Bertz CT molecular complexity index is 626. The Labute approximate surface area is 129 Å². The molecule has 1 aliphatic heterocycles. The number of esters is 1. The zero-order chi connectivity index (χ0) is 15.4. The van der Waals surface area contributed by atoms with Crippen LogP contribution in [0.1, 0.15) is 29.0 Å². The van der Waals surface area contributed by atoms with E-state index in [0.29, 0.717) is 12.7 Å². The van der Waals surface area contributed by atoms with Gasteiger partial charge < -0.3 is 4.74 Å². The van der Waals surface area contributed by atoms with E-state index in [0.717, 1.165) is 13.0 Å². The van der Waals surface area contributed by atoms with Gasteiger partial charge in [0.2, 0.25) is 0 Å². The van der Waals surface area contributed by atoms with Crippen molar-refractivity contribution < 1.29 is 9.53 Å². The molecule has 22 heavy (non-hydrogen) atoms. The van der Waals surface area contributed by atoms with Gasteiger partial charge in [-0.05, 0) is 24.8 Å². The minimum atomic E-state index is -0.499. The van der Waals surface area contributed by atoms with Crippen molar-refractivity contribution in [2.75, 3.05) is 13.7 Å². The molecule has 0 unspecified atom stereocenters. The number of benzene rings is 1. The van der Waals surface area contributed by atoms with Gasteiger partial charge in [-0.15, -0.1) is 5.10 Å². The highest BCUT2D eigenvalue weighted by molar-refractivity contribution is 5.84. The first kappa shape index (κ1) is 14.7. The lowest BCUT2D eigenvalue weighted by atomic mass is 10.0. The van der Waals surface area contributed by atoms with Crippen LogP contribution in [0.5, 0.6) is 0 Å². The summed E-state index contributed by atoms with van der Waals surface area (Å²) in [6, 6.07) is 11.0. The SMILES string of the molecule is COC(=O)c1ncn(CN2CCC[C@@H]2Cc2ccccc2)n1. The normalized spacial score (nSPS) is 18.5. The van der Waals surface area contributed by atoms with E-state index in [4.69, 9.17) is 0 Å². The van der Waals surface area contributed by atoms with E-state index in [1.54, 1.807) is 11.0 Å². The Morgan fingerprint density at radius 2 is 2.18 bits per heavy atom. The van der Waals surface area contributed by atoms with Crippen LogP contribution in [-0.4, -0.2) is 45.3 Å². The number of hydrogen-bond acceptors (Lipinski definition) is 5. The number of likely N-dealkylation sites (tertiary alicyclic amines) is 1. The lowest BCUT2D eigenvalue weighted by Gasteiger charge is -2.24. The molecule has 0 spiro atoms. The van der Waals surface area contributed by atoms with E-state index in [1.165, 1.54) is 25.5 Å². The van der Waals surface area contributed by atoms with Crippen molar-refractivity contribution in [2.45, 2.75) is 32.0 Å². The van der Waals surface area contributed by atoms with Crippen LogP contribution < -0.4 is 0 Å². The number of carbonyl (C=O) groups excluding carboxylic acids is 1. The predicted molar refractivity (Wildman–Crippen MR) is 81.2 cm³/mol. The van der Waals surface area contributed by atoms with Gasteiger partial charge in [0, 0.05) is 12.6 Å². The van der Waals surface area contributed by atoms with Crippen LogP contribution in [-0.2, 0) is 17.8 Å². The highest BCUT2D eigenvalue weighted by atomic mass is 16.5. The Hall–Kier alpha value is -2.21. The zero-order valence-corrected chi connectivity index (χ0v) is 12.7. The van der Waals surface area contributed by atoms with Gasteiger partial charge in [-0.2, -0.15) is 0 Å². The van der Waals surface area contributed by atoms with Gasteiger partial charge in [0.25, 0.3) is 5.82 Å². The Balaban J connectivity index is 1.63. The zero-order valence-electron chi connectivity index (χ0n) is 12.7. The Morgan fingerprint density at radius 3 is 2.95 bits per heavy atom. The molecule has 1 atom stereocenters. The second-order valence-corrected chi connectivity index (χ2v) is 5.54. The van der Waals surface area contributed by atoms with Gasteiger partial charge in [0.05, 0.1) is 13.8 Å². The molecule has 2 heterocycles. The second kappa shape index (κ2) is 6.70. The molecule has 1 saturated heterocycles. The molecule has 1 aromatic heterocycles. The highest BCUT2D eigenvalue weighted by Gasteiger charge is 2.25. The third kappa shape index (κ3) is 3.33. The average molecular weight is 300 g/mol. The maximum Gasteiger partial charge on any atom is 0.377 e. The molecule has 0 amide bonds. The molecule has 1 fully saturated rings. The number of nitrogens with zero attached hydrogens (tertiary/aromatic N) is 4.